The van der Waals surface area contributed by atoms with E-state index in [0.29, 0.717) is 34.3 Å². The molecule has 27 heavy (non-hydrogen) atoms. The van der Waals surface area contributed by atoms with Gasteiger partial charge in [0.2, 0.25) is 4.80 Å². The molecule has 0 fully saturated rings. The van der Waals surface area contributed by atoms with Gasteiger partial charge in [0.15, 0.2) is 10.8 Å². The van der Waals surface area contributed by atoms with Crippen molar-refractivity contribution in [1.82, 2.24) is 4.57 Å². The fourth-order valence-electron chi connectivity index (χ4n) is 1.95. The number of aromatic nitrogens is 1. The highest BCUT2D eigenvalue weighted by Gasteiger charge is 2.14. The molecule has 0 aliphatic rings. The minimum absolute atomic E-state index is 0.0751. The van der Waals surface area contributed by atoms with Gasteiger partial charge in [-0.3, -0.25) is 4.57 Å². The van der Waals surface area contributed by atoms with Gasteiger partial charge in [0.1, 0.15) is 6.29 Å². The molecule has 0 aromatic carbocycles. The van der Waals surface area contributed by atoms with Crippen LogP contribution in [-0.2, 0) is 11.3 Å². The molecule has 0 saturated heterocycles. The number of hydrogen-bond acceptors (Lipinski definition) is 8. The van der Waals surface area contributed by atoms with E-state index in [2.05, 4.69) is 37.2 Å². The maximum atomic E-state index is 10.5. The molecular formula is C18H29N7OS. The topological polar surface area (TPSA) is 96.2 Å². The zero-order valence-electron chi connectivity index (χ0n) is 16.8. The molecule has 0 atom stereocenters. The van der Waals surface area contributed by atoms with Crippen molar-refractivity contribution < 1.29 is 4.79 Å². The van der Waals surface area contributed by atoms with E-state index in [0.717, 1.165) is 31.3 Å². The molecule has 8 nitrogen and oxygen atoms in total. The second-order valence-electron chi connectivity index (χ2n) is 6.57. The van der Waals surface area contributed by atoms with Crippen LogP contribution in [0.2, 0.25) is 0 Å². The largest absolute Gasteiger partial charge is 0.303 e. The first-order valence-corrected chi connectivity index (χ1v) is 9.87. The lowest BCUT2D eigenvalue weighted by molar-refractivity contribution is -0.107. The number of carbonyl (C=O) groups is 1. The third-order valence-corrected chi connectivity index (χ3v) is 4.04. The molecule has 0 aliphatic carbocycles. The first kappa shape index (κ1) is 22.8. The average molecular weight is 392 g/mol. The fraction of sp³-hybridized carbons (Fsp3) is 0.611. The Labute approximate surface area is 164 Å². The van der Waals surface area contributed by atoms with Crippen LogP contribution in [0.25, 0.3) is 0 Å². The van der Waals surface area contributed by atoms with E-state index in [-0.39, 0.29) is 6.04 Å². The van der Waals surface area contributed by atoms with Crippen molar-refractivity contribution in [1.29, 1.82) is 0 Å². The van der Waals surface area contributed by atoms with Gasteiger partial charge >= 0.3 is 0 Å². The Balaban J connectivity index is 3.35. The zero-order valence-corrected chi connectivity index (χ0v) is 17.7. The summed E-state index contributed by atoms with van der Waals surface area (Å²) >= 11 is 1.38. The lowest BCUT2D eigenvalue weighted by atomic mass is 10.2. The Morgan fingerprint density at radius 1 is 1.19 bits per heavy atom. The first-order valence-electron chi connectivity index (χ1n) is 9.05. The summed E-state index contributed by atoms with van der Waals surface area (Å²) in [4.78, 5) is 11.2. The summed E-state index contributed by atoms with van der Waals surface area (Å²) in [7, 11) is 0. The molecule has 0 unspecified atom stereocenters. The van der Waals surface area contributed by atoms with Gasteiger partial charge in [-0.25, -0.2) is 0 Å². The van der Waals surface area contributed by atoms with Crippen LogP contribution in [0.3, 0.4) is 0 Å². The Kier molecular flexibility index (Phi) is 10.2. The molecular weight excluding hydrogens is 362 g/mol. The molecule has 9 heteroatoms. The summed E-state index contributed by atoms with van der Waals surface area (Å²) in [6.45, 7) is 13.9. The van der Waals surface area contributed by atoms with Crippen LogP contribution in [-0.4, -0.2) is 22.6 Å². The van der Waals surface area contributed by atoms with Crippen LogP contribution in [0.15, 0.2) is 42.9 Å². The highest BCUT2D eigenvalue weighted by molar-refractivity contribution is 7.13. The number of unbranched alkanes of at least 4 members (excludes halogenated alkanes) is 3. The van der Waals surface area contributed by atoms with Gasteiger partial charge in [0.05, 0.1) is 11.7 Å². The van der Waals surface area contributed by atoms with E-state index < -0.39 is 0 Å². The van der Waals surface area contributed by atoms with Crippen LogP contribution in [0.1, 0.15) is 60.3 Å². The van der Waals surface area contributed by atoms with Gasteiger partial charge in [-0.2, -0.15) is 15.3 Å². The van der Waals surface area contributed by atoms with Crippen molar-refractivity contribution in [2.75, 3.05) is 0 Å². The minimum atomic E-state index is 0.0751. The summed E-state index contributed by atoms with van der Waals surface area (Å²) in [5.74, 6) is 0.602. The predicted octanol–water partition coefficient (Wildman–Crippen LogP) is 5.71. The van der Waals surface area contributed by atoms with Gasteiger partial charge in [0, 0.05) is 18.7 Å². The molecule has 1 rings (SSSR count). The highest BCUT2D eigenvalue weighted by Crippen LogP contribution is 2.33. The van der Waals surface area contributed by atoms with E-state index in [1.807, 2.05) is 32.3 Å². The average Bonchev–Trinajstić information content (AvgIpc) is 2.92. The lowest BCUT2D eigenvalue weighted by Crippen LogP contribution is -2.14. The second kappa shape index (κ2) is 12.2. The molecule has 1 aromatic heterocycles. The van der Waals surface area contributed by atoms with Gasteiger partial charge in [-0.15, -0.1) is 15.3 Å². The molecule has 148 valence electrons. The van der Waals surface area contributed by atoms with Crippen molar-refractivity contribution in [3.63, 3.8) is 0 Å². The lowest BCUT2D eigenvalue weighted by Gasteiger charge is -2.05. The fourth-order valence-corrected chi connectivity index (χ4v) is 2.82. The predicted molar refractivity (Wildman–Crippen MR) is 110 cm³/mol. The van der Waals surface area contributed by atoms with E-state index in [1.165, 1.54) is 11.3 Å². The van der Waals surface area contributed by atoms with Gasteiger partial charge in [0.25, 0.3) is 0 Å². The molecule has 0 spiro atoms. The minimum Gasteiger partial charge on any atom is -0.303 e. The number of rotatable bonds is 11. The van der Waals surface area contributed by atoms with Crippen molar-refractivity contribution in [3.8, 4) is 0 Å². The van der Waals surface area contributed by atoms with E-state index >= 15 is 0 Å². The number of thiazole rings is 1. The quantitative estimate of drug-likeness (QED) is 0.156. The summed E-state index contributed by atoms with van der Waals surface area (Å²) in [6, 6.07) is 0.0751. The highest BCUT2D eigenvalue weighted by atomic mass is 32.1. The third-order valence-electron chi connectivity index (χ3n) is 3.10. The third kappa shape index (κ3) is 8.76. The number of allylic oxidation sites excluding steroid dienone is 1. The maximum Gasteiger partial charge on any atom is 0.214 e. The van der Waals surface area contributed by atoms with Crippen LogP contribution in [0.5, 0.6) is 0 Å². The monoisotopic (exact) mass is 391 g/mol. The van der Waals surface area contributed by atoms with E-state index in [9.17, 15) is 4.79 Å². The van der Waals surface area contributed by atoms with Crippen molar-refractivity contribution >= 4 is 34.2 Å². The second-order valence-corrected chi connectivity index (χ2v) is 7.53. The van der Waals surface area contributed by atoms with Crippen LogP contribution in [0, 0.1) is 0 Å². The van der Waals surface area contributed by atoms with Crippen molar-refractivity contribution in [2.45, 2.75) is 72.9 Å². The SMILES string of the molecule is C=C(C)N=Nc1c(N=NC(C)C)sc(=NN=C(C)C)n1CCCCCC=O. The molecule has 0 radical (unpaired) electrons. The molecule has 1 aromatic rings. The summed E-state index contributed by atoms with van der Waals surface area (Å²) in [5.41, 5.74) is 1.46. The summed E-state index contributed by atoms with van der Waals surface area (Å²) in [6.07, 6.45) is 4.24. The standard InChI is InChI=1S/C18H29N7OS/c1-13(2)19-22-16-17(23-20-14(3)4)27-18(24-21-15(5)6)25(16)11-9-7-8-10-12-26/h12,14H,1,7-11H2,2-6H3. The molecule has 0 aliphatic heterocycles. The van der Waals surface area contributed by atoms with E-state index in [4.69, 9.17) is 0 Å². The van der Waals surface area contributed by atoms with Crippen LogP contribution < -0.4 is 4.80 Å². The Hall–Kier alpha value is -2.29. The normalized spacial score (nSPS) is 12.4. The van der Waals surface area contributed by atoms with Gasteiger partial charge in [-0.1, -0.05) is 24.3 Å². The first-order chi connectivity index (χ1) is 12.8. The summed E-state index contributed by atoms with van der Waals surface area (Å²) < 4.78 is 1.96. The molecule has 0 N–H and O–H groups in total. The van der Waals surface area contributed by atoms with Gasteiger partial charge in [-0.05, 0) is 47.5 Å². The summed E-state index contributed by atoms with van der Waals surface area (Å²) in [5, 5.41) is 26.2. The van der Waals surface area contributed by atoms with Crippen molar-refractivity contribution in [3.05, 3.63) is 17.1 Å². The van der Waals surface area contributed by atoms with Crippen LogP contribution in [0.4, 0.5) is 10.8 Å². The van der Waals surface area contributed by atoms with Crippen LogP contribution >= 0.6 is 11.3 Å². The maximum absolute atomic E-state index is 10.5. The number of azo groups is 2. The Morgan fingerprint density at radius 3 is 2.52 bits per heavy atom. The molecule has 0 amide bonds. The number of aldehydes is 1. The molecule has 0 saturated carbocycles. The number of carbonyl (C=O) groups excluding carboxylic acids is 1. The smallest absolute Gasteiger partial charge is 0.214 e. The number of hydrogen-bond donors (Lipinski definition) is 0. The molecule has 0 bridgehead atoms. The zero-order chi connectivity index (χ0) is 20.2. The van der Waals surface area contributed by atoms with Gasteiger partial charge < -0.3 is 4.79 Å². The van der Waals surface area contributed by atoms with E-state index in [1.54, 1.807) is 6.92 Å². The molecule has 1 heterocycles. The van der Waals surface area contributed by atoms with Crippen molar-refractivity contribution in [2.24, 2.45) is 30.7 Å². The Morgan fingerprint density at radius 2 is 1.93 bits per heavy atom. The number of nitrogens with zero attached hydrogens (tertiary/aromatic N) is 7. The Bertz CT molecular complexity index is 780.